The van der Waals surface area contributed by atoms with Crippen LogP contribution in [0.1, 0.15) is 25.8 Å². The first-order valence-electron chi connectivity index (χ1n) is 5.14. The molecule has 0 atom stereocenters. The molecule has 0 fully saturated rings. The van der Waals surface area contributed by atoms with Gasteiger partial charge in [0.1, 0.15) is 5.75 Å². The van der Waals surface area contributed by atoms with Crippen molar-refractivity contribution in [2.45, 2.75) is 27.2 Å². The molecule has 0 bridgehead atoms. The smallest absolute Gasteiger partial charge is 0.119 e. The Morgan fingerprint density at radius 1 is 1.27 bits per heavy atom. The van der Waals surface area contributed by atoms with Gasteiger partial charge >= 0.3 is 0 Å². The summed E-state index contributed by atoms with van der Waals surface area (Å²) < 4.78 is 5.55. The molecular weight excluding hydrogens is 186 g/mol. The summed E-state index contributed by atoms with van der Waals surface area (Å²) in [6.07, 6.45) is 0.747. The molecule has 0 spiro atoms. The molecule has 0 saturated carbocycles. The molecule has 0 saturated heterocycles. The van der Waals surface area contributed by atoms with Crippen LogP contribution in [0.4, 0.5) is 0 Å². The Labute approximate surface area is 91.5 Å². The largest absolute Gasteiger partial charge is 0.494 e. The second-order valence-corrected chi connectivity index (χ2v) is 4.41. The maximum atomic E-state index is 8.82. The molecule has 1 rings (SSSR count). The Hall–Kier alpha value is -1.49. The van der Waals surface area contributed by atoms with Crippen molar-refractivity contribution >= 4 is 0 Å². The van der Waals surface area contributed by atoms with E-state index in [9.17, 15) is 0 Å². The van der Waals surface area contributed by atoms with Gasteiger partial charge in [-0.2, -0.15) is 5.26 Å². The molecular formula is C13H17NO. The highest BCUT2D eigenvalue weighted by atomic mass is 16.5. The van der Waals surface area contributed by atoms with Crippen LogP contribution >= 0.6 is 0 Å². The number of hydrogen-bond donors (Lipinski definition) is 0. The first kappa shape index (κ1) is 11.6. The van der Waals surface area contributed by atoms with Gasteiger partial charge in [-0.15, -0.1) is 0 Å². The van der Waals surface area contributed by atoms with Crippen molar-refractivity contribution < 1.29 is 4.74 Å². The molecule has 2 heteroatoms. The number of ether oxygens (including phenoxy) is 1. The van der Waals surface area contributed by atoms with Crippen LogP contribution in [0.15, 0.2) is 24.3 Å². The van der Waals surface area contributed by atoms with Gasteiger partial charge in [-0.05, 0) is 39.3 Å². The quantitative estimate of drug-likeness (QED) is 0.752. The summed E-state index contributed by atoms with van der Waals surface area (Å²) in [7, 11) is 0. The Balaban J connectivity index is 2.39. The highest BCUT2D eigenvalue weighted by molar-refractivity contribution is 5.26. The van der Waals surface area contributed by atoms with Crippen molar-refractivity contribution in [3.63, 3.8) is 0 Å². The minimum Gasteiger partial charge on any atom is -0.494 e. The second kappa shape index (κ2) is 4.84. The van der Waals surface area contributed by atoms with Gasteiger partial charge in [-0.3, -0.25) is 0 Å². The Morgan fingerprint density at radius 3 is 2.40 bits per heavy atom. The normalized spacial score (nSPS) is 10.8. The van der Waals surface area contributed by atoms with E-state index in [1.165, 1.54) is 5.56 Å². The minimum absolute atomic E-state index is 0.301. The predicted molar refractivity (Wildman–Crippen MR) is 60.7 cm³/mol. The van der Waals surface area contributed by atoms with Gasteiger partial charge in [-0.1, -0.05) is 17.7 Å². The highest BCUT2D eigenvalue weighted by Crippen LogP contribution is 2.19. The van der Waals surface area contributed by atoms with E-state index in [2.05, 4.69) is 6.07 Å². The summed E-state index contributed by atoms with van der Waals surface area (Å²) >= 11 is 0. The molecule has 1 aromatic carbocycles. The third-order valence-electron chi connectivity index (χ3n) is 2.32. The molecule has 0 N–H and O–H groups in total. The Bertz CT molecular complexity index is 346. The van der Waals surface area contributed by atoms with Crippen LogP contribution < -0.4 is 4.74 Å². The average molecular weight is 203 g/mol. The first-order valence-corrected chi connectivity index (χ1v) is 5.14. The van der Waals surface area contributed by atoms with E-state index in [0.29, 0.717) is 6.61 Å². The zero-order valence-electron chi connectivity index (χ0n) is 9.58. The lowest BCUT2D eigenvalue weighted by molar-refractivity contribution is 0.264. The lowest BCUT2D eigenvalue weighted by atomic mass is 9.92. The summed E-state index contributed by atoms with van der Waals surface area (Å²) in [6.45, 7) is 6.48. The molecule has 1 aromatic rings. The van der Waals surface area contributed by atoms with E-state index in [1.807, 2.05) is 45.0 Å². The molecule has 0 heterocycles. The van der Waals surface area contributed by atoms with Crippen molar-refractivity contribution in [3.8, 4) is 11.8 Å². The standard InChI is InChI=1S/C13H17NO/c1-11-4-6-12(7-5-11)15-9-8-13(2,3)10-14/h4-7H,8-9H2,1-3H3. The molecule has 0 amide bonds. The number of aryl methyl sites for hydroxylation is 1. The Kier molecular flexibility index (Phi) is 3.74. The van der Waals surface area contributed by atoms with Crippen LogP contribution in [0.25, 0.3) is 0 Å². The van der Waals surface area contributed by atoms with E-state index >= 15 is 0 Å². The fourth-order valence-corrected chi connectivity index (χ4v) is 1.11. The van der Waals surface area contributed by atoms with Crippen LogP contribution in [0.3, 0.4) is 0 Å². The van der Waals surface area contributed by atoms with Gasteiger partial charge in [0.05, 0.1) is 18.1 Å². The fourth-order valence-electron chi connectivity index (χ4n) is 1.11. The highest BCUT2D eigenvalue weighted by Gasteiger charge is 2.16. The van der Waals surface area contributed by atoms with Crippen molar-refractivity contribution in [1.82, 2.24) is 0 Å². The molecule has 0 unspecified atom stereocenters. The van der Waals surface area contributed by atoms with Crippen molar-refractivity contribution in [2.75, 3.05) is 6.61 Å². The minimum atomic E-state index is -0.301. The summed E-state index contributed by atoms with van der Waals surface area (Å²) in [5.41, 5.74) is 0.921. The van der Waals surface area contributed by atoms with Crippen molar-refractivity contribution in [1.29, 1.82) is 5.26 Å². The third-order valence-corrected chi connectivity index (χ3v) is 2.32. The number of benzene rings is 1. The van der Waals surface area contributed by atoms with E-state index in [0.717, 1.165) is 12.2 Å². The second-order valence-electron chi connectivity index (χ2n) is 4.41. The summed E-state index contributed by atoms with van der Waals surface area (Å²) in [6, 6.07) is 10.2. The van der Waals surface area contributed by atoms with Gasteiger partial charge in [0.15, 0.2) is 0 Å². The maximum Gasteiger partial charge on any atom is 0.119 e. The van der Waals surface area contributed by atoms with Gasteiger partial charge in [-0.25, -0.2) is 0 Å². The zero-order valence-corrected chi connectivity index (χ0v) is 9.58. The van der Waals surface area contributed by atoms with E-state index in [-0.39, 0.29) is 5.41 Å². The van der Waals surface area contributed by atoms with Gasteiger partial charge < -0.3 is 4.74 Å². The fraction of sp³-hybridized carbons (Fsp3) is 0.462. The molecule has 0 aliphatic heterocycles. The monoisotopic (exact) mass is 203 g/mol. The molecule has 80 valence electrons. The van der Waals surface area contributed by atoms with Gasteiger partial charge in [0.2, 0.25) is 0 Å². The van der Waals surface area contributed by atoms with Crippen LogP contribution in [-0.4, -0.2) is 6.61 Å². The SMILES string of the molecule is Cc1ccc(OCCC(C)(C)C#N)cc1. The first-order chi connectivity index (χ1) is 7.03. The zero-order chi connectivity index (χ0) is 11.3. The lowest BCUT2D eigenvalue weighted by Crippen LogP contribution is -2.13. The van der Waals surface area contributed by atoms with E-state index in [1.54, 1.807) is 0 Å². The number of hydrogen-bond acceptors (Lipinski definition) is 2. The average Bonchev–Trinajstić information content (AvgIpc) is 2.21. The molecule has 0 aliphatic carbocycles. The van der Waals surface area contributed by atoms with Crippen LogP contribution in [-0.2, 0) is 0 Å². The summed E-state index contributed by atoms with van der Waals surface area (Å²) in [5, 5.41) is 8.82. The molecule has 15 heavy (non-hydrogen) atoms. The number of nitrogens with zero attached hydrogens (tertiary/aromatic N) is 1. The number of rotatable bonds is 4. The molecule has 0 aromatic heterocycles. The molecule has 2 nitrogen and oxygen atoms in total. The summed E-state index contributed by atoms with van der Waals surface area (Å²) in [5.74, 6) is 0.870. The topological polar surface area (TPSA) is 33.0 Å². The van der Waals surface area contributed by atoms with E-state index in [4.69, 9.17) is 10.00 Å². The molecule has 0 aliphatic rings. The van der Waals surface area contributed by atoms with Gasteiger partial charge in [0, 0.05) is 0 Å². The van der Waals surface area contributed by atoms with Gasteiger partial charge in [0.25, 0.3) is 0 Å². The van der Waals surface area contributed by atoms with Crippen molar-refractivity contribution in [3.05, 3.63) is 29.8 Å². The molecule has 0 radical (unpaired) electrons. The van der Waals surface area contributed by atoms with Crippen LogP contribution in [0.2, 0.25) is 0 Å². The van der Waals surface area contributed by atoms with E-state index < -0.39 is 0 Å². The van der Waals surface area contributed by atoms with Crippen molar-refractivity contribution in [2.24, 2.45) is 5.41 Å². The maximum absolute atomic E-state index is 8.82. The van der Waals surface area contributed by atoms with Crippen LogP contribution in [0, 0.1) is 23.7 Å². The number of nitriles is 1. The third kappa shape index (κ3) is 4.03. The summed E-state index contributed by atoms with van der Waals surface area (Å²) in [4.78, 5) is 0. The lowest BCUT2D eigenvalue weighted by Gasteiger charge is -2.15. The Morgan fingerprint density at radius 2 is 1.87 bits per heavy atom. The predicted octanol–water partition coefficient (Wildman–Crippen LogP) is 3.31. The van der Waals surface area contributed by atoms with Crippen LogP contribution in [0.5, 0.6) is 5.75 Å².